The highest BCUT2D eigenvalue weighted by atomic mass is 16.5. The van der Waals surface area contributed by atoms with Crippen molar-refractivity contribution in [2.45, 2.75) is 40.0 Å². The van der Waals surface area contributed by atoms with E-state index in [1.807, 2.05) is 13.8 Å². The Bertz CT molecular complexity index is 643. The maximum absolute atomic E-state index is 12.8. The summed E-state index contributed by atoms with van der Waals surface area (Å²) in [6, 6.07) is 8.74. The Balaban J connectivity index is 3.66. The lowest BCUT2D eigenvalue weighted by molar-refractivity contribution is -0.167. The van der Waals surface area contributed by atoms with Gasteiger partial charge in [-0.05, 0) is 39.7 Å². The lowest BCUT2D eigenvalue weighted by atomic mass is 9.67. The van der Waals surface area contributed by atoms with E-state index in [0.29, 0.717) is 5.56 Å². The van der Waals surface area contributed by atoms with Gasteiger partial charge in [-0.3, -0.25) is 14.4 Å². The predicted octanol–water partition coefficient (Wildman–Crippen LogP) is 3.44. The number of benzene rings is 1. The van der Waals surface area contributed by atoms with Gasteiger partial charge in [0.2, 0.25) is 0 Å². The topological polar surface area (TPSA) is 69.7 Å². The van der Waals surface area contributed by atoms with E-state index in [9.17, 15) is 14.4 Å². The largest absolute Gasteiger partial charge is 0.468 e. The van der Waals surface area contributed by atoms with Crippen LogP contribution in [0.25, 0.3) is 0 Å². The molecule has 0 saturated carbocycles. The molecule has 0 aliphatic carbocycles. The first-order chi connectivity index (χ1) is 11.8. The molecule has 0 saturated heterocycles. The van der Waals surface area contributed by atoms with Crippen LogP contribution in [0.5, 0.6) is 0 Å². The molecule has 2 atom stereocenters. The molecule has 0 aromatic heterocycles. The number of methoxy groups -OCH3 is 1. The molecule has 0 spiro atoms. The third-order valence-electron chi connectivity index (χ3n) is 4.16. The Kier molecular flexibility index (Phi) is 7.55. The minimum atomic E-state index is -1.67. The second kappa shape index (κ2) is 9.16. The van der Waals surface area contributed by atoms with Crippen LogP contribution in [0.1, 0.15) is 45.6 Å². The lowest BCUT2D eigenvalue weighted by Crippen LogP contribution is -2.47. The molecule has 0 amide bonds. The predicted molar refractivity (Wildman–Crippen MR) is 95.0 cm³/mol. The summed E-state index contributed by atoms with van der Waals surface area (Å²) >= 11 is 0. The average molecular weight is 346 g/mol. The number of carbonyl (C=O) groups excluding carboxylic acids is 3. The lowest BCUT2D eigenvalue weighted by Gasteiger charge is -2.34. The molecule has 0 fully saturated rings. The normalized spacial score (nSPS) is 14.0. The van der Waals surface area contributed by atoms with Crippen molar-refractivity contribution in [3.05, 3.63) is 47.5 Å². The number of hydrogen-bond acceptors (Lipinski definition) is 5. The van der Waals surface area contributed by atoms with Crippen LogP contribution in [0.2, 0.25) is 0 Å². The molecule has 0 aliphatic heterocycles. The van der Waals surface area contributed by atoms with Crippen LogP contribution in [0.4, 0.5) is 0 Å². The summed E-state index contributed by atoms with van der Waals surface area (Å²) in [5.74, 6) is -2.86. The number of ether oxygens (including phenoxy) is 2. The summed E-state index contributed by atoms with van der Waals surface area (Å²) in [4.78, 5) is 38.2. The van der Waals surface area contributed by atoms with Gasteiger partial charge >= 0.3 is 11.9 Å². The number of carbonyl (C=O) groups is 3. The maximum Gasteiger partial charge on any atom is 0.320 e. The molecule has 5 nitrogen and oxygen atoms in total. The van der Waals surface area contributed by atoms with Crippen LogP contribution < -0.4 is 0 Å². The van der Waals surface area contributed by atoms with Crippen molar-refractivity contribution in [2.75, 3.05) is 13.7 Å². The van der Waals surface area contributed by atoms with Gasteiger partial charge in [-0.1, -0.05) is 42.0 Å². The standard InChI is InChI=1S/C20H26O5/c1-6-25-18(22)17(16-10-8-7-9-11-16)20(15(4)21,19(23)24-5)13-12-14(2)3/h7-12,17H,6,13H2,1-5H3. The van der Waals surface area contributed by atoms with E-state index in [1.54, 1.807) is 43.3 Å². The monoisotopic (exact) mass is 346 g/mol. The molecule has 25 heavy (non-hydrogen) atoms. The van der Waals surface area contributed by atoms with Crippen molar-refractivity contribution in [1.82, 2.24) is 0 Å². The Morgan fingerprint density at radius 3 is 2.16 bits per heavy atom. The van der Waals surface area contributed by atoms with Crippen molar-refractivity contribution in [1.29, 1.82) is 0 Å². The van der Waals surface area contributed by atoms with E-state index < -0.39 is 29.1 Å². The summed E-state index contributed by atoms with van der Waals surface area (Å²) < 4.78 is 10.1. The van der Waals surface area contributed by atoms with Gasteiger partial charge in [0, 0.05) is 0 Å². The fourth-order valence-corrected chi connectivity index (χ4v) is 2.85. The Hall–Kier alpha value is -2.43. The van der Waals surface area contributed by atoms with E-state index in [2.05, 4.69) is 0 Å². The smallest absolute Gasteiger partial charge is 0.320 e. The van der Waals surface area contributed by atoms with Crippen molar-refractivity contribution in [3.63, 3.8) is 0 Å². The fraction of sp³-hybridized carbons (Fsp3) is 0.450. The highest BCUT2D eigenvalue weighted by Gasteiger charge is 2.54. The Labute approximate surface area is 149 Å². The Morgan fingerprint density at radius 1 is 1.12 bits per heavy atom. The second-order valence-electron chi connectivity index (χ2n) is 6.10. The second-order valence-corrected chi connectivity index (χ2v) is 6.10. The first kappa shape index (κ1) is 20.6. The zero-order chi connectivity index (χ0) is 19.0. The van der Waals surface area contributed by atoms with E-state index in [1.165, 1.54) is 14.0 Å². The highest BCUT2D eigenvalue weighted by Crippen LogP contribution is 2.43. The minimum Gasteiger partial charge on any atom is -0.468 e. The van der Waals surface area contributed by atoms with Gasteiger partial charge in [0.1, 0.15) is 17.1 Å². The quantitative estimate of drug-likeness (QED) is 0.410. The number of ketones is 1. The maximum atomic E-state index is 12.8. The van der Waals surface area contributed by atoms with Crippen molar-refractivity contribution >= 4 is 17.7 Å². The van der Waals surface area contributed by atoms with Crippen molar-refractivity contribution in [2.24, 2.45) is 5.41 Å². The summed E-state index contributed by atoms with van der Waals surface area (Å²) in [7, 11) is 1.22. The van der Waals surface area contributed by atoms with Crippen molar-refractivity contribution < 1.29 is 23.9 Å². The molecule has 1 aromatic rings. The number of Topliss-reactive ketones (excluding diaryl/α,β-unsaturated/α-hetero) is 1. The van der Waals surface area contributed by atoms with Crippen LogP contribution >= 0.6 is 0 Å². The highest BCUT2D eigenvalue weighted by molar-refractivity contribution is 6.08. The van der Waals surface area contributed by atoms with Crippen LogP contribution in [-0.2, 0) is 23.9 Å². The zero-order valence-electron chi connectivity index (χ0n) is 15.5. The van der Waals surface area contributed by atoms with Gasteiger partial charge < -0.3 is 9.47 Å². The van der Waals surface area contributed by atoms with Gasteiger partial charge in [0.25, 0.3) is 0 Å². The molecular formula is C20H26O5. The molecular weight excluding hydrogens is 320 g/mol. The van der Waals surface area contributed by atoms with Gasteiger partial charge in [-0.2, -0.15) is 0 Å². The van der Waals surface area contributed by atoms with E-state index in [4.69, 9.17) is 9.47 Å². The van der Waals surface area contributed by atoms with Crippen LogP contribution in [0.15, 0.2) is 42.0 Å². The van der Waals surface area contributed by atoms with Gasteiger partial charge in [-0.25, -0.2) is 0 Å². The number of esters is 2. The van der Waals surface area contributed by atoms with Crippen molar-refractivity contribution in [3.8, 4) is 0 Å². The third-order valence-corrected chi connectivity index (χ3v) is 4.16. The van der Waals surface area contributed by atoms with Gasteiger partial charge in [0.05, 0.1) is 13.7 Å². The number of hydrogen-bond donors (Lipinski definition) is 0. The van der Waals surface area contributed by atoms with Gasteiger partial charge in [-0.15, -0.1) is 0 Å². The molecule has 0 radical (unpaired) electrons. The molecule has 0 N–H and O–H groups in total. The molecule has 0 heterocycles. The third kappa shape index (κ3) is 4.56. The molecule has 1 rings (SSSR count). The molecule has 0 bridgehead atoms. The molecule has 136 valence electrons. The number of allylic oxidation sites excluding steroid dienone is 2. The first-order valence-corrected chi connectivity index (χ1v) is 8.25. The van der Waals surface area contributed by atoms with Crippen LogP contribution in [0, 0.1) is 5.41 Å². The first-order valence-electron chi connectivity index (χ1n) is 8.25. The summed E-state index contributed by atoms with van der Waals surface area (Å²) in [5.41, 5.74) is -0.187. The SMILES string of the molecule is CCOC(=O)C(c1ccccc1)C(CC=C(C)C)(C(C)=O)C(=O)OC. The molecule has 1 aromatic carbocycles. The average Bonchev–Trinajstić information content (AvgIpc) is 2.58. The van der Waals surface area contributed by atoms with E-state index in [-0.39, 0.29) is 13.0 Å². The van der Waals surface area contributed by atoms with E-state index >= 15 is 0 Å². The summed E-state index contributed by atoms with van der Waals surface area (Å²) in [5, 5.41) is 0. The van der Waals surface area contributed by atoms with Gasteiger partial charge in [0.15, 0.2) is 0 Å². The molecule has 2 unspecified atom stereocenters. The summed E-state index contributed by atoms with van der Waals surface area (Å²) in [6.07, 6.45) is 1.84. The minimum absolute atomic E-state index is 0.0652. The summed E-state index contributed by atoms with van der Waals surface area (Å²) in [6.45, 7) is 6.88. The number of rotatable bonds is 8. The molecule has 5 heteroatoms. The zero-order valence-corrected chi connectivity index (χ0v) is 15.5. The van der Waals surface area contributed by atoms with Crippen LogP contribution in [-0.4, -0.2) is 31.4 Å². The fourth-order valence-electron chi connectivity index (χ4n) is 2.85. The Morgan fingerprint density at radius 2 is 1.72 bits per heavy atom. The molecule has 0 aliphatic rings. The van der Waals surface area contributed by atoms with Crippen LogP contribution in [0.3, 0.4) is 0 Å². The van der Waals surface area contributed by atoms with E-state index in [0.717, 1.165) is 5.57 Å².